The van der Waals surface area contributed by atoms with E-state index in [0.29, 0.717) is 5.69 Å². The van der Waals surface area contributed by atoms with Crippen LogP contribution in [0.1, 0.15) is 19.5 Å². The number of hydrogen-bond donors (Lipinski definition) is 1. The van der Waals surface area contributed by atoms with E-state index < -0.39 is 11.3 Å². The molecule has 0 fully saturated rings. The molecule has 1 aromatic heterocycles. The third-order valence-corrected chi connectivity index (χ3v) is 2.75. The quantitative estimate of drug-likeness (QED) is 0.823. The van der Waals surface area contributed by atoms with Gasteiger partial charge in [0.1, 0.15) is 6.33 Å². The Hall–Kier alpha value is -1.97. The molecule has 16 heavy (non-hydrogen) atoms. The zero-order valence-corrected chi connectivity index (χ0v) is 9.27. The summed E-state index contributed by atoms with van der Waals surface area (Å²) in [7, 11) is 0. The molecule has 0 unspecified atom stereocenters. The van der Waals surface area contributed by atoms with Crippen molar-refractivity contribution in [1.29, 1.82) is 0 Å². The molecular weight excluding hydrogens is 202 g/mol. The summed E-state index contributed by atoms with van der Waals surface area (Å²) in [6.07, 6.45) is 1.46. The zero-order chi connectivity index (χ0) is 11.8. The summed E-state index contributed by atoms with van der Waals surface area (Å²) >= 11 is 0. The van der Waals surface area contributed by atoms with Crippen LogP contribution in [-0.2, 0) is 10.2 Å². The van der Waals surface area contributed by atoms with Gasteiger partial charge in [0.05, 0.1) is 16.6 Å². The lowest BCUT2D eigenvalue weighted by Crippen LogP contribution is -2.36. The van der Waals surface area contributed by atoms with E-state index in [1.54, 1.807) is 13.8 Å². The first-order valence-corrected chi connectivity index (χ1v) is 5.03. The molecule has 0 radical (unpaired) electrons. The molecule has 2 N–H and O–H groups in total. The van der Waals surface area contributed by atoms with E-state index in [1.807, 2.05) is 24.3 Å². The molecule has 4 nitrogen and oxygen atoms in total. The molecule has 0 atom stereocenters. The van der Waals surface area contributed by atoms with Crippen LogP contribution in [0.5, 0.6) is 0 Å². The monoisotopic (exact) mass is 215 g/mol. The summed E-state index contributed by atoms with van der Waals surface area (Å²) in [5.74, 6) is -0.392. The van der Waals surface area contributed by atoms with Crippen LogP contribution in [0.2, 0.25) is 0 Å². The maximum Gasteiger partial charge on any atom is 0.229 e. The summed E-state index contributed by atoms with van der Waals surface area (Å²) in [5, 5.41) is 0.869. The highest BCUT2D eigenvalue weighted by molar-refractivity contribution is 5.91. The first-order valence-electron chi connectivity index (χ1n) is 5.03. The largest absolute Gasteiger partial charge is 0.369 e. The van der Waals surface area contributed by atoms with Crippen molar-refractivity contribution >= 4 is 16.8 Å². The van der Waals surface area contributed by atoms with Gasteiger partial charge in [-0.2, -0.15) is 0 Å². The number of hydrogen-bond acceptors (Lipinski definition) is 3. The SMILES string of the molecule is CC(C)(C(N)=O)c1ncnc2ccccc12. The van der Waals surface area contributed by atoms with E-state index in [2.05, 4.69) is 9.97 Å². The number of primary amides is 1. The normalized spacial score (nSPS) is 11.6. The van der Waals surface area contributed by atoms with E-state index in [-0.39, 0.29) is 0 Å². The molecule has 1 aromatic carbocycles. The fraction of sp³-hybridized carbons (Fsp3) is 0.250. The predicted molar refractivity (Wildman–Crippen MR) is 61.8 cm³/mol. The highest BCUT2D eigenvalue weighted by atomic mass is 16.1. The zero-order valence-electron chi connectivity index (χ0n) is 9.27. The van der Waals surface area contributed by atoms with Gasteiger partial charge >= 0.3 is 0 Å². The molecule has 2 rings (SSSR count). The van der Waals surface area contributed by atoms with Crippen LogP contribution in [0.3, 0.4) is 0 Å². The summed E-state index contributed by atoms with van der Waals surface area (Å²) < 4.78 is 0. The average Bonchev–Trinajstić information content (AvgIpc) is 2.28. The molecule has 4 heteroatoms. The van der Waals surface area contributed by atoms with Crippen molar-refractivity contribution in [3.63, 3.8) is 0 Å². The number of amides is 1. The van der Waals surface area contributed by atoms with E-state index in [1.165, 1.54) is 6.33 Å². The lowest BCUT2D eigenvalue weighted by atomic mass is 9.86. The van der Waals surface area contributed by atoms with Gasteiger partial charge in [-0.3, -0.25) is 4.79 Å². The number of rotatable bonds is 2. The standard InChI is InChI=1S/C12H13N3O/c1-12(2,11(13)16)10-8-5-3-4-6-9(8)14-7-15-10/h3-7H,1-2H3,(H2,13,16). The maximum atomic E-state index is 11.4. The minimum absolute atomic E-state index is 0.392. The van der Waals surface area contributed by atoms with Crippen LogP contribution in [0, 0.1) is 0 Å². The molecular formula is C12H13N3O. The van der Waals surface area contributed by atoms with E-state index >= 15 is 0 Å². The first-order chi connectivity index (χ1) is 7.53. The number of fused-ring (bicyclic) bond motifs is 1. The van der Waals surface area contributed by atoms with Crippen LogP contribution in [0.15, 0.2) is 30.6 Å². The summed E-state index contributed by atoms with van der Waals surface area (Å²) in [5.41, 5.74) is 6.10. The van der Waals surface area contributed by atoms with E-state index in [4.69, 9.17) is 5.73 Å². The van der Waals surface area contributed by atoms with Crippen molar-refractivity contribution < 1.29 is 4.79 Å². The van der Waals surface area contributed by atoms with Gasteiger partial charge in [-0.1, -0.05) is 18.2 Å². The van der Waals surface area contributed by atoms with Gasteiger partial charge in [-0.25, -0.2) is 9.97 Å². The fourth-order valence-corrected chi connectivity index (χ4v) is 1.62. The van der Waals surface area contributed by atoms with Crippen molar-refractivity contribution in [2.45, 2.75) is 19.3 Å². The van der Waals surface area contributed by atoms with Crippen LogP contribution in [0.25, 0.3) is 10.9 Å². The number of nitrogens with zero attached hydrogens (tertiary/aromatic N) is 2. The van der Waals surface area contributed by atoms with Gasteiger partial charge in [-0.15, -0.1) is 0 Å². The summed E-state index contributed by atoms with van der Waals surface area (Å²) in [4.78, 5) is 19.8. The summed E-state index contributed by atoms with van der Waals surface area (Å²) in [6.45, 7) is 3.54. The third kappa shape index (κ3) is 1.52. The topological polar surface area (TPSA) is 68.9 Å². The predicted octanol–water partition coefficient (Wildman–Crippen LogP) is 1.39. The number of nitrogens with two attached hydrogens (primary N) is 1. The van der Waals surface area contributed by atoms with E-state index in [0.717, 1.165) is 10.9 Å². The molecule has 1 heterocycles. The van der Waals surface area contributed by atoms with Crippen molar-refractivity contribution in [1.82, 2.24) is 9.97 Å². The second-order valence-electron chi connectivity index (χ2n) is 4.23. The Morgan fingerprint density at radius 2 is 1.94 bits per heavy atom. The maximum absolute atomic E-state index is 11.4. The summed E-state index contributed by atoms with van der Waals surface area (Å²) in [6, 6.07) is 7.58. The molecule has 0 saturated carbocycles. The Labute approximate surface area is 93.5 Å². The second-order valence-corrected chi connectivity index (χ2v) is 4.23. The van der Waals surface area contributed by atoms with Crippen molar-refractivity contribution in [2.75, 3.05) is 0 Å². The molecule has 82 valence electrons. The molecule has 0 saturated heterocycles. The molecule has 2 aromatic rings. The highest BCUT2D eigenvalue weighted by Crippen LogP contribution is 2.26. The lowest BCUT2D eigenvalue weighted by Gasteiger charge is -2.20. The first kappa shape index (κ1) is 10.5. The van der Waals surface area contributed by atoms with Crippen LogP contribution in [-0.4, -0.2) is 15.9 Å². The minimum atomic E-state index is -0.789. The Morgan fingerprint density at radius 1 is 1.25 bits per heavy atom. The molecule has 0 aliphatic rings. The van der Waals surface area contributed by atoms with Crippen LogP contribution < -0.4 is 5.73 Å². The minimum Gasteiger partial charge on any atom is -0.369 e. The Morgan fingerprint density at radius 3 is 2.62 bits per heavy atom. The Kier molecular flexibility index (Phi) is 2.34. The molecule has 0 bridgehead atoms. The number of carbonyl (C=O) groups excluding carboxylic acids is 1. The van der Waals surface area contributed by atoms with E-state index in [9.17, 15) is 4.79 Å². The molecule has 0 spiro atoms. The Balaban J connectivity index is 2.74. The molecule has 0 aliphatic carbocycles. The van der Waals surface area contributed by atoms with Crippen LogP contribution in [0.4, 0.5) is 0 Å². The van der Waals surface area contributed by atoms with Gasteiger partial charge in [0, 0.05) is 5.39 Å². The smallest absolute Gasteiger partial charge is 0.229 e. The fourth-order valence-electron chi connectivity index (χ4n) is 1.62. The lowest BCUT2D eigenvalue weighted by molar-refractivity contribution is -0.122. The highest BCUT2D eigenvalue weighted by Gasteiger charge is 2.30. The average molecular weight is 215 g/mol. The third-order valence-electron chi connectivity index (χ3n) is 2.75. The van der Waals surface area contributed by atoms with Gasteiger partial charge in [0.2, 0.25) is 5.91 Å². The Bertz CT molecular complexity index is 543. The van der Waals surface area contributed by atoms with Crippen molar-refractivity contribution in [3.8, 4) is 0 Å². The number of carbonyl (C=O) groups is 1. The number of para-hydroxylation sites is 1. The van der Waals surface area contributed by atoms with Crippen molar-refractivity contribution in [2.24, 2.45) is 5.73 Å². The van der Waals surface area contributed by atoms with Gasteiger partial charge in [0.25, 0.3) is 0 Å². The van der Waals surface area contributed by atoms with Crippen LogP contribution >= 0.6 is 0 Å². The van der Waals surface area contributed by atoms with Gasteiger partial charge in [-0.05, 0) is 19.9 Å². The number of benzene rings is 1. The van der Waals surface area contributed by atoms with Crippen molar-refractivity contribution in [3.05, 3.63) is 36.3 Å². The molecule has 0 aliphatic heterocycles. The molecule has 1 amide bonds. The second kappa shape index (κ2) is 3.56. The van der Waals surface area contributed by atoms with Gasteiger partial charge in [0.15, 0.2) is 0 Å². The van der Waals surface area contributed by atoms with Gasteiger partial charge < -0.3 is 5.73 Å². The number of aromatic nitrogens is 2.